The Balaban J connectivity index is 0.000000118. The molecule has 4 unspecified atom stereocenters. The van der Waals surface area contributed by atoms with Crippen LogP contribution in [0.25, 0.3) is 85.8 Å². The number of ether oxygens (including phenoxy) is 3. The number of alkyl halides is 15. The Labute approximate surface area is 840 Å². The number of amides is 2. The SMILES string of the molecule is CS(=N)(=O)C[C@H]1CCCN(c2ccnc(-c3cnc4ccc(C(F)(F)F)cn34)n2)C1.CS(=O)(=O)NC[C@@H]1CN(c2ccnc(-c3cnc4ccc(C(F)(F)F)cn34)n2)CCO1.FC(F)(F)c1ccc2ncc(-c3nccc(N4CCOC(c5cn[nH]c5)C4)n3)n2c1.FC(F)(F)c1ccc2ncc(-c3nccc(N4CCOC(c5cn[nH]c5)C4)n3)n2c1.O=C1NCC2CN(c3ccnc(-c4cnc5ccc(C(F)(F)F)cn45)n3)CCN12. The van der Waals surface area contributed by atoms with E-state index in [2.05, 4.69) is 125 Å². The molecule has 0 aromatic carbocycles. The second-order valence-electron chi connectivity index (χ2n) is 35.5. The summed E-state index contributed by atoms with van der Waals surface area (Å²) in [6.07, 6.45) is 8.50. The van der Waals surface area contributed by atoms with Gasteiger partial charge in [-0.1, -0.05) is 0 Å². The van der Waals surface area contributed by atoms with Crippen molar-refractivity contribution in [2.24, 2.45) is 5.92 Å². The number of aromatic amines is 2. The van der Waals surface area contributed by atoms with Crippen LogP contribution < -0.4 is 34.5 Å². The second kappa shape index (κ2) is 42.1. The predicted molar refractivity (Wildman–Crippen MR) is 513 cm³/mol. The van der Waals surface area contributed by atoms with Gasteiger partial charge in [0.2, 0.25) is 10.0 Å². The molecule has 0 bridgehead atoms. The zero-order valence-electron chi connectivity index (χ0n) is 78.8. The van der Waals surface area contributed by atoms with Gasteiger partial charge in [-0.25, -0.2) is 92.7 Å². The molecule has 150 heavy (non-hydrogen) atoms. The number of rotatable bonds is 17. The molecule has 6 atom stereocenters. The summed E-state index contributed by atoms with van der Waals surface area (Å²) in [5.41, 5.74) is 1.73. The van der Waals surface area contributed by atoms with Crippen molar-refractivity contribution in [3.8, 4) is 57.6 Å². The van der Waals surface area contributed by atoms with Crippen LogP contribution >= 0.6 is 0 Å². The third kappa shape index (κ3) is 23.8. The van der Waals surface area contributed by atoms with E-state index in [-0.39, 0.29) is 60.3 Å². The lowest BCUT2D eigenvalue weighted by atomic mass is 10.0. The molecule has 0 saturated carbocycles. The third-order valence-electron chi connectivity index (χ3n) is 25.1. The summed E-state index contributed by atoms with van der Waals surface area (Å²) in [6.45, 7) is 8.66. The number of carbonyl (C=O) groups is 1. The lowest BCUT2D eigenvalue weighted by Crippen LogP contribution is -2.52. The van der Waals surface area contributed by atoms with Crippen molar-refractivity contribution in [3.05, 3.63) is 248 Å². The Morgan fingerprint density at radius 1 is 0.387 bits per heavy atom. The van der Waals surface area contributed by atoms with Gasteiger partial charge in [0.05, 0.1) is 109 Å². The van der Waals surface area contributed by atoms with E-state index >= 15 is 0 Å². The number of imidazole rings is 5. The van der Waals surface area contributed by atoms with Crippen LogP contribution in [0.2, 0.25) is 0 Å². The van der Waals surface area contributed by atoms with Crippen molar-refractivity contribution < 1.29 is 97.5 Å². The minimum Gasteiger partial charge on any atom is -0.373 e. The fourth-order valence-corrected chi connectivity index (χ4v) is 19.4. The Hall–Kier alpha value is -15.8. The summed E-state index contributed by atoms with van der Waals surface area (Å²) in [4.78, 5) is 88.5. The molecule has 0 radical (unpaired) electrons. The molecular formula is C93H88F15N33O7S2. The minimum atomic E-state index is -4.48. The number of H-pyrrole nitrogens is 2. The maximum atomic E-state index is 13.1. The van der Waals surface area contributed by atoms with Crippen LogP contribution in [-0.2, 0) is 64.8 Å². The normalized spacial score (nSPS) is 18.5. The summed E-state index contributed by atoms with van der Waals surface area (Å²) < 4.78 is 265. The number of aromatic nitrogens is 24. The quantitative estimate of drug-likeness (QED) is 0.0529. The number of fused-ring (bicyclic) bond motifs is 6. The zero-order chi connectivity index (χ0) is 105. The second-order valence-corrected chi connectivity index (χ2v) is 39.6. The number of halogens is 15. The van der Waals surface area contributed by atoms with Gasteiger partial charge in [0.15, 0.2) is 29.1 Å². The number of morpholine rings is 3. The Morgan fingerprint density at radius 2 is 0.707 bits per heavy atom. The highest BCUT2D eigenvalue weighted by Crippen LogP contribution is 2.40. The van der Waals surface area contributed by atoms with Crippen molar-refractivity contribution in [1.82, 2.24) is 132 Å². The van der Waals surface area contributed by atoms with Gasteiger partial charge < -0.3 is 48.9 Å². The topological polar surface area (TPSA) is 436 Å². The fourth-order valence-electron chi connectivity index (χ4n) is 17.8. The number of carbonyl (C=O) groups excluding carboxylic acids is 1. The van der Waals surface area contributed by atoms with E-state index in [1.54, 1.807) is 79.9 Å². The lowest BCUT2D eigenvalue weighted by Gasteiger charge is -2.37. The molecule has 6 fully saturated rings. The van der Waals surface area contributed by atoms with Crippen LogP contribution in [0.5, 0.6) is 0 Å². The number of piperidine rings is 1. The first-order valence-corrected chi connectivity index (χ1v) is 50.3. The summed E-state index contributed by atoms with van der Waals surface area (Å²) in [5, 5.41) is 16.3. The predicted octanol–water partition coefficient (Wildman–Crippen LogP) is 13.5. The number of hydrogen-bond donors (Lipinski definition) is 5. The van der Waals surface area contributed by atoms with Gasteiger partial charge in [-0.05, 0) is 110 Å². The van der Waals surface area contributed by atoms with Crippen molar-refractivity contribution in [2.75, 3.05) is 148 Å². The summed E-state index contributed by atoms with van der Waals surface area (Å²) in [7, 11) is -5.92. The molecule has 6 aliphatic rings. The number of anilines is 5. The van der Waals surface area contributed by atoms with Gasteiger partial charge >= 0.3 is 36.9 Å². The Bertz CT molecular complexity index is 7760. The standard InChI is InChI=1S/2C19H16F3N7O.C19H21F3N6OS.C18H16F3N7O.C18H19F3N6O3S/c2*20-19(21,22)13-1-2-16-24-9-14(29(16)10-13)18-23-4-3-17(27-18)28-5-6-30-15(11-28)12-7-25-26-8-12;1-30(23,29)12-13-3-2-8-27(10-13)17-6-7-24-18(26-17)15-9-25-16-5-4-14(11-28(15)16)19(20,21)22;19-18(20,21)11-1-2-14-23-8-13(28(14)9-11)16-22-4-3-15(25-16)26-5-6-27-12(10-26)7-24-17(27)29;1-31(28,29)24-8-13-11-26(6-7-30-13)16-4-5-22-17(25-16)14-9-23-15-3-2-12(10-27(14)15)18(19,20)21/h2*1-4,7-10,15H,5-6,11H2,(H,25,26);4-7,9,11,13,23H,2-3,8,10,12H2,1H3;1-4,8-9,12H,5-7,10H2,(H,24,29);2-5,9-10,13,24H,6-8,11H2,1H3/t;;13-,30?;;13-/m..0.1/s1. The summed E-state index contributed by atoms with van der Waals surface area (Å²) in [6, 6.07) is 20.3. The van der Waals surface area contributed by atoms with E-state index in [1.165, 1.54) is 95.8 Å². The molecule has 57 heteroatoms. The summed E-state index contributed by atoms with van der Waals surface area (Å²) >= 11 is 0. The molecule has 2 amide bonds. The van der Waals surface area contributed by atoms with Crippen LogP contribution in [-0.4, -0.2) is 276 Å². The van der Waals surface area contributed by atoms with Crippen molar-refractivity contribution in [3.63, 3.8) is 0 Å². The number of piperazine rings is 1. The number of pyridine rings is 5. The molecule has 23 rings (SSSR count). The third-order valence-corrected chi connectivity index (χ3v) is 26.9. The maximum absolute atomic E-state index is 13.1. The minimum absolute atomic E-state index is 0.0516. The first-order valence-electron chi connectivity index (χ1n) is 46.2. The van der Waals surface area contributed by atoms with Gasteiger partial charge in [0, 0.05) is 192 Å². The van der Waals surface area contributed by atoms with Gasteiger partial charge in [0.1, 0.15) is 98.0 Å². The highest BCUT2D eigenvalue weighted by molar-refractivity contribution is 7.91. The summed E-state index contributed by atoms with van der Waals surface area (Å²) in [5.74, 6) is 5.07. The first kappa shape index (κ1) is 103. The van der Waals surface area contributed by atoms with Gasteiger partial charge in [-0.2, -0.15) is 76.1 Å². The van der Waals surface area contributed by atoms with Gasteiger partial charge in [-0.15, -0.1) is 0 Å². The molecule has 17 aromatic rings. The monoisotopic (exact) mass is 2130 g/mol. The molecule has 23 heterocycles. The van der Waals surface area contributed by atoms with E-state index in [1.807, 2.05) is 9.80 Å². The number of hydrogen-bond acceptors (Lipinski definition) is 30. The molecule has 5 N–H and O–H groups in total. The van der Waals surface area contributed by atoms with Crippen molar-refractivity contribution in [2.45, 2.75) is 68.1 Å². The fraction of sp³-hybridized carbons (Fsp3) is 0.333. The van der Waals surface area contributed by atoms with E-state index in [9.17, 15) is 83.3 Å². The van der Waals surface area contributed by atoms with E-state index in [4.69, 9.17) is 19.0 Å². The molecule has 0 spiro atoms. The van der Waals surface area contributed by atoms with Gasteiger partial charge in [0.25, 0.3) is 0 Å². The van der Waals surface area contributed by atoms with Crippen LogP contribution in [0, 0.1) is 10.7 Å². The number of urea groups is 1. The van der Waals surface area contributed by atoms with Crippen molar-refractivity contribution >= 4 is 83.1 Å². The maximum Gasteiger partial charge on any atom is 0.417 e. The first-order chi connectivity index (χ1) is 71.6. The lowest BCUT2D eigenvalue weighted by molar-refractivity contribution is -0.138. The number of sulfonamides is 1. The molecule has 6 aliphatic heterocycles. The smallest absolute Gasteiger partial charge is 0.373 e. The molecule has 40 nitrogen and oxygen atoms in total. The average molecular weight is 2130 g/mol. The van der Waals surface area contributed by atoms with E-state index in [0.29, 0.717) is 195 Å². The zero-order valence-corrected chi connectivity index (χ0v) is 80.5. The van der Waals surface area contributed by atoms with Crippen LogP contribution in [0.4, 0.5) is 99.7 Å². The highest BCUT2D eigenvalue weighted by atomic mass is 32.2. The molecule has 17 aromatic heterocycles. The Kier molecular flexibility index (Phi) is 28.9. The largest absolute Gasteiger partial charge is 0.417 e. The van der Waals surface area contributed by atoms with Crippen molar-refractivity contribution in [1.29, 1.82) is 4.78 Å². The van der Waals surface area contributed by atoms with Crippen LogP contribution in [0.1, 0.15) is 64.0 Å². The van der Waals surface area contributed by atoms with Crippen LogP contribution in [0.3, 0.4) is 0 Å². The highest BCUT2D eigenvalue weighted by Gasteiger charge is 2.40. The van der Waals surface area contributed by atoms with E-state index < -0.39 is 78.5 Å². The average Bonchev–Trinajstić information content (AvgIpc) is 1.64. The van der Waals surface area contributed by atoms with Gasteiger partial charge in [-0.3, -0.25) is 41.2 Å². The van der Waals surface area contributed by atoms with Crippen LogP contribution in [0.15, 0.2) is 209 Å². The number of nitrogens with one attached hydrogen (secondary N) is 5. The Morgan fingerprint density at radius 3 is 1.02 bits per heavy atom. The molecule has 6 saturated heterocycles. The molecule has 0 aliphatic carbocycles. The number of nitrogens with zero attached hydrogens (tertiary/aromatic N) is 28. The van der Waals surface area contributed by atoms with E-state index in [0.717, 1.165) is 98.1 Å². The molecular weight excluding hydrogens is 2040 g/mol. The molecule has 784 valence electrons.